The summed E-state index contributed by atoms with van der Waals surface area (Å²) in [6, 6.07) is 32.6. The Hall–Kier alpha value is -3.17. The van der Waals surface area contributed by atoms with E-state index in [1.54, 1.807) is 12.1 Å². The van der Waals surface area contributed by atoms with Gasteiger partial charge in [-0.05, 0) is 99.9 Å². The molecule has 4 aromatic rings. The highest BCUT2D eigenvalue weighted by atomic mass is 79.9. The Morgan fingerprint density at radius 1 is 0.805 bits per heavy atom. The molecule has 0 aromatic heterocycles. The van der Waals surface area contributed by atoms with E-state index in [1.807, 2.05) is 12.1 Å². The first kappa shape index (κ1) is 29.3. The third kappa shape index (κ3) is 6.06. The van der Waals surface area contributed by atoms with Crippen LogP contribution in [-0.4, -0.2) is 12.9 Å². The maximum Gasteiger partial charge on any atom is 0.150 e. The minimum Gasteiger partial charge on any atom is -0.493 e. The van der Waals surface area contributed by atoms with Crippen LogP contribution in [0.5, 0.6) is 5.75 Å². The maximum absolute atomic E-state index is 10.9. The van der Waals surface area contributed by atoms with Gasteiger partial charge in [0.25, 0.3) is 0 Å². The van der Waals surface area contributed by atoms with Gasteiger partial charge in [-0.1, -0.05) is 112 Å². The molecule has 1 aliphatic carbocycles. The Bertz CT molecular complexity index is 1500. The molecule has 0 saturated carbocycles. The molecule has 212 valence electrons. The molecule has 3 heteroatoms. The lowest BCUT2D eigenvalue weighted by molar-refractivity contribution is 0.112. The van der Waals surface area contributed by atoms with E-state index < -0.39 is 0 Å². The normalized spacial score (nSPS) is 17.4. The Balaban J connectivity index is 1.41. The molecular formula is C38H41BrO2. The van der Waals surface area contributed by atoms with Crippen molar-refractivity contribution < 1.29 is 9.53 Å². The van der Waals surface area contributed by atoms with E-state index in [4.69, 9.17) is 4.74 Å². The number of hydrogen-bond donors (Lipinski definition) is 0. The molecule has 0 heterocycles. The monoisotopic (exact) mass is 608 g/mol. The highest BCUT2D eigenvalue weighted by molar-refractivity contribution is 9.10. The number of benzene rings is 4. The predicted octanol–water partition coefficient (Wildman–Crippen LogP) is 10.4. The van der Waals surface area contributed by atoms with Crippen molar-refractivity contribution in [1.82, 2.24) is 0 Å². The van der Waals surface area contributed by atoms with Gasteiger partial charge in [-0.15, -0.1) is 0 Å². The summed E-state index contributed by atoms with van der Waals surface area (Å²) < 4.78 is 7.17. The molecule has 2 nitrogen and oxygen atoms in total. The quantitative estimate of drug-likeness (QED) is 0.167. The van der Waals surface area contributed by atoms with Crippen LogP contribution in [-0.2, 0) is 10.8 Å². The number of carbonyl (C=O) groups is 1. The summed E-state index contributed by atoms with van der Waals surface area (Å²) in [5.41, 5.74) is 8.83. The van der Waals surface area contributed by atoms with Gasteiger partial charge in [-0.25, -0.2) is 0 Å². The van der Waals surface area contributed by atoms with E-state index in [0.29, 0.717) is 24.0 Å². The van der Waals surface area contributed by atoms with Crippen LogP contribution in [0, 0.1) is 11.8 Å². The van der Waals surface area contributed by atoms with Crippen LogP contribution in [0.3, 0.4) is 0 Å². The molecule has 4 aromatic carbocycles. The molecule has 0 radical (unpaired) electrons. The Labute approximate surface area is 254 Å². The number of hydrogen-bond acceptors (Lipinski definition) is 2. The zero-order chi connectivity index (χ0) is 29.2. The largest absolute Gasteiger partial charge is 0.493 e. The van der Waals surface area contributed by atoms with Crippen LogP contribution >= 0.6 is 15.9 Å². The third-order valence-corrected chi connectivity index (χ3v) is 9.21. The van der Waals surface area contributed by atoms with Crippen molar-refractivity contribution in [2.75, 3.05) is 6.61 Å². The number of rotatable bonds is 10. The molecule has 0 bridgehead atoms. The first-order valence-corrected chi connectivity index (χ1v) is 15.6. The van der Waals surface area contributed by atoms with Crippen LogP contribution < -0.4 is 4.74 Å². The molecule has 41 heavy (non-hydrogen) atoms. The van der Waals surface area contributed by atoms with E-state index in [1.165, 1.54) is 33.4 Å². The van der Waals surface area contributed by atoms with Crippen molar-refractivity contribution in [3.63, 3.8) is 0 Å². The summed E-state index contributed by atoms with van der Waals surface area (Å²) in [5, 5.41) is 0. The van der Waals surface area contributed by atoms with Gasteiger partial charge in [-0.3, -0.25) is 4.79 Å². The van der Waals surface area contributed by atoms with Crippen LogP contribution in [0.4, 0.5) is 0 Å². The fourth-order valence-electron chi connectivity index (χ4n) is 6.40. The van der Waals surface area contributed by atoms with E-state index >= 15 is 0 Å². The first-order valence-electron chi connectivity index (χ1n) is 14.8. The molecule has 0 aliphatic heterocycles. The van der Waals surface area contributed by atoms with E-state index in [0.717, 1.165) is 35.8 Å². The minimum absolute atomic E-state index is 0.113. The van der Waals surface area contributed by atoms with Crippen molar-refractivity contribution in [1.29, 1.82) is 0 Å². The Morgan fingerprint density at radius 2 is 1.46 bits per heavy atom. The number of fused-ring (bicyclic) bond motifs is 3. The summed E-state index contributed by atoms with van der Waals surface area (Å²) in [5.74, 6) is 1.75. The summed E-state index contributed by atoms with van der Waals surface area (Å²) in [7, 11) is 0. The second kappa shape index (κ2) is 12.0. The van der Waals surface area contributed by atoms with Gasteiger partial charge in [0, 0.05) is 15.5 Å². The van der Waals surface area contributed by atoms with Gasteiger partial charge in [0.1, 0.15) is 12.0 Å². The lowest BCUT2D eigenvalue weighted by Gasteiger charge is -2.36. The molecule has 1 aliphatic rings. The van der Waals surface area contributed by atoms with Crippen molar-refractivity contribution >= 4 is 22.2 Å². The number of halogens is 1. The second-order valence-corrected chi connectivity index (χ2v) is 13.9. The fraction of sp³-hybridized carbons (Fsp3) is 0.342. The van der Waals surface area contributed by atoms with E-state index in [2.05, 4.69) is 117 Å². The Morgan fingerprint density at radius 3 is 2.15 bits per heavy atom. The van der Waals surface area contributed by atoms with Crippen LogP contribution in [0.1, 0.15) is 86.5 Å². The summed E-state index contributed by atoms with van der Waals surface area (Å²) in [4.78, 5) is 10.9. The molecule has 5 rings (SSSR count). The smallest absolute Gasteiger partial charge is 0.150 e. The average Bonchev–Trinajstić information content (AvgIpc) is 3.24. The first-order chi connectivity index (χ1) is 19.6. The molecule has 3 unspecified atom stereocenters. The van der Waals surface area contributed by atoms with Crippen LogP contribution in [0.2, 0.25) is 0 Å². The topological polar surface area (TPSA) is 26.3 Å². The third-order valence-electron chi connectivity index (χ3n) is 8.72. The zero-order valence-electron chi connectivity index (χ0n) is 24.9. The molecule has 0 amide bonds. The number of aldehydes is 1. The van der Waals surface area contributed by atoms with Gasteiger partial charge in [0.15, 0.2) is 0 Å². The van der Waals surface area contributed by atoms with Gasteiger partial charge >= 0.3 is 0 Å². The summed E-state index contributed by atoms with van der Waals surface area (Å²) in [6.07, 6.45) is 4.13. The van der Waals surface area contributed by atoms with E-state index in [9.17, 15) is 4.79 Å². The number of carbonyl (C=O) groups excluding carboxylic acids is 1. The second-order valence-electron chi connectivity index (χ2n) is 13.0. The molecule has 0 saturated heterocycles. The van der Waals surface area contributed by atoms with Crippen molar-refractivity contribution in [3.8, 4) is 16.9 Å². The van der Waals surface area contributed by atoms with Gasteiger partial charge in [-0.2, -0.15) is 0 Å². The van der Waals surface area contributed by atoms with Crippen LogP contribution in [0.25, 0.3) is 11.1 Å². The van der Waals surface area contributed by atoms with Crippen molar-refractivity contribution in [3.05, 3.63) is 123 Å². The molecule has 0 spiro atoms. The highest BCUT2D eigenvalue weighted by Crippen LogP contribution is 2.56. The predicted molar refractivity (Wildman–Crippen MR) is 174 cm³/mol. The lowest BCUT2D eigenvalue weighted by Crippen LogP contribution is -2.30. The molecule has 3 atom stereocenters. The highest BCUT2D eigenvalue weighted by Gasteiger charge is 2.45. The zero-order valence-corrected chi connectivity index (χ0v) is 26.5. The van der Waals surface area contributed by atoms with Gasteiger partial charge in [0.05, 0.1) is 6.61 Å². The van der Waals surface area contributed by atoms with E-state index in [-0.39, 0.29) is 10.8 Å². The molecule has 0 N–H and O–H groups in total. The van der Waals surface area contributed by atoms with Crippen LogP contribution in [0.15, 0.2) is 95.5 Å². The lowest BCUT2D eigenvalue weighted by atomic mass is 9.66. The molecular weight excluding hydrogens is 568 g/mol. The van der Waals surface area contributed by atoms with Gasteiger partial charge in [0.2, 0.25) is 0 Å². The summed E-state index contributed by atoms with van der Waals surface area (Å²) in [6.45, 7) is 12.2. The minimum atomic E-state index is -0.203. The standard InChI is InChI=1S/C38H41BrO2/c1-26(10-11-27(2)25-41-32-19-12-28(24-40)13-20-32)23-38(30-16-14-29(15-17-30)37(3,4)5)35-9-7-6-8-33(35)34-21-18-31(39)22-36(34)38/h6-9,12-22,24,26-27H,10-11,23,25H2,1-5H3. The van der Waals surface area contributed by atoms with Gasteiger partial charge < -0.3 is 4.74 Å². The maximum atomic E-state index is 10.9. The average molecular weight is 610 g/mol. The summed E-state index contributed by atoms with van der Waals surface area (Å²) >= 11 is 3.80. The SMILES string of the molecule is CC(CCC(C)CC1(c2ccc(C(C)(C)C)cc2)c2ccccc2-c2ccc(Br)cc21)COc1ccc(C=O)cc1. The Kier molecular flexibility index (Phi) is 8.57. The van der Waals surface area contributed by atoms with Crippen molar-refractivity contribution in [2.24, 2.45) is 11.8 Å². The molecule has 0 fully saturated rings. The van der Waals surface area contributed by atoms with Crippen molar-refractivity contribution in [2.45, 2.75) is 64.7 Å². The number of ether oxygens (including phenoxy) is 1. The fourth-order valence-corrected chi connectivity index (χ4v) is 6.76.